The zero-order valence-corrected chi connectivity index (χ0v) is 13.8. The Hall–Kier alpha value is -2.23. The van der Waals surface area contributed by atoms with Gasteiger partial charge in [-0.05, 0) is 37.0 Å². The fourth-order valence-electron chi connectivity index (χ4n) is 3.37. The summed E-state index contributed by atoms with van der Waals surface area (Å²) < 4.78 is 5.59. The van der Waals surface area contributed by atoms with Gasteiger partial charge in [-0.2, -0.15) is 10.4 Å². The van der Waals surface area contributed by atoms with Crippen LogP contribution in [0.2, 0.25) is 0 Å². The third-order valence-corrected chi connectivity index (χ3v) is 4.95. The van der Waals surface area contributed by atoms with Gasteiger partial charge in [0.1, 0.15) is 5.82 Å². The van der Waals surface area contributed by atoms with Crippen LogP contribution in [0.4, 0.5) is 0 Å². The summed E-state index contributed by atoms with van der Waals surface area (Å²) in [5.41, 5.74) is 1.88. The van der Waals surface area contributed by atoms with Gasteiger partial charge in [0.2, 0.25) is 0 Å². The van der Waals surface area contributed by atoms with Crippen molar-refractivity contribution in [2.75, 3.05) is 13.7 Å². The Morgan fingerprint density at radius 3 is 2.79 bits per heavy atom. The molecule has 0 radical (unpaired) electrons. The second kappa shape index (κ2) is 6.34. The summed E-state index contributed by atoms with van der Waals surface area (Å²) in [6.07, 6.45) is 3.55. The number of nitrogens with zero attached hydrogens (tertiary/aromatic N) is 4. The largest absolute Gasteiger partial charge is 0.380 e. The standard InChI is InChI=1S/C18H21N5O/c1-24-15-8-16(18-20-17(21-22-18)14-6-7-14)23(11-15)10-13-4-2-12(9-19)3-5-13/h2-5,14-16H,6-8,10-11H2,1H3,(H,20,21,22)/t15-,16+/m1/s1. The van der Waals surface area contributed by atoms with Crippen molar-refractivity contribution in [1.29, 1.82) is 5.26 Å². The van der Waals surface area contributed by atoms with Gasteiger partial charge >= 0.3 is 0 Å². The van der Waals surface area contributed by atoms with Crippen molar-refractivity contribution < 1.29 is 4.74 Å². The number of aromatic amines is 1. The summed E-state index contributed by atoms with van der Waals surface area (Å²) in [6.45, 7) is 1.69. The quantitative estimate of drug-likeness (QED) is 0.915. The first kappa shape index (κ1) is 15.3. The number of ether oxygens (including phenoxy) is 1. The minimum absolute atomic E-state index is 0.200. The van der Waals surface area contributed by atoms with Gasteiger partial charge in [0.15, 0.2) is 5.82 Å². The highest BCUT2D eigenvalue weighted by atomic mass is 16.5. The SMILES string of the molecule is CO[C@@H]1C[C@@H](c2nc(C3CC3)n[nH]2)N(Cc2ccc(C#N)cc2)C1. The molecule has 2 aliphatic rings. The predicted molar refractivity (Wildman–Crippen MR) is 88.1 cm³/mol. The first-order chi connectivity index (χ1) is 11.8. The highest BCUT2D eigenvalue weighted by Crippen LogP contribution is 2.39. The Morgan fingerprint density at radius 1 is 1.33 bits per heavy atom. The van der Waals surface area contributed by atoms with Crippen molar-refractivity contribution in [3.8, 4) is 6.07 Å². The van der Waals surface area contributed by atoms with Crippen molar-refractivity contribution in [1.82, 2.24) is 20.1 Å². The Morgan fingerprint density at radius 2 is 2.12 bits per heavy atom. The van der Waals surface area contributed by atoms with Gasteiger partial charge < -0.3 is 4.74 Å². The van der Waals surface area contributed by atoms with Crippen LogP contribution >= 0.6 is 0 Å². The zero-order valence-electron chi connectivity index (χ0n) is 13.8. The van der Waals surface area contributed by atoms with Crippen LogP contribution in [-0.2, 0) is 11.3 Å². The Balaban J connectivity index is 1.52. The molecule has 0 bridgehead atoms. The minimum atomic E-state index is 0.200. The number of nitriles is 1. The van der Waals surface area contributed by atoms with E-state index in [1.54, 1.807) is 7.11 Å². The van der Waals surface area contributed by atoms with Crippen LogP contribution in [-0.4, -0.2) is 39.8 Å². The lowest BCUT2D eigenvalue weighted by Crippen LogP contribution is -2.25. The molecule has 6 heteroatoms. The van der Waals surface area contributed by atoms with Gasteiger partial charge in [0.25, 0.3) is 0 Å². The van der Waals surface area contributed by atoms with Crippen LogP contribution in [0, 0.1) is 11.3 Å². The minimum Gasteiger partial charge on any atom is -0.380 e. The van der Waals surface area contributed by atoms with E-state index in [9.17, 15) is 0 Å². The molecule has 1 aromatic carbocycles. The number of methoxy groups -OCH3 is 1. The molecular weight excluding hydrogens is 302 g/mol. The van der Waals surface area contributed by atoms with Crippen LogP contribution in [0.1, 0.15) is 54.0 Å². The fourth-order valence-corrected chi connectivity index (χ4v) is 3.37. The first-order valence-electron chi connectivity index (χ1n) is 8.45. The maximum atomic E-state index is 8.93. The molecule has 2 aromatic rings. The number of rotatable bonds is 5. The van der Waals surface area contributed by atoms with Gasteiger partial charge in [-0.1, -0.05) is 12.1 Å². The van der Waals surface area contributed by atoms with Crippen LogP contribution < -0.4 is 0 Å². The first-order valence-corrected chi connectivity index (χ1v) is 8.45. The molecule has 6 nitrogen and oxygen atoms in total. The van der Waals surface area contributed by atoms with E-state index in [0.717, 1.165) is 31.2 Å². The third-order valence-electron chi connectivity index (χ3n) is 4.95. The molecule has 1 aliphatic heterocycles. The summed E-state index contributed by atoms with van der Waals surface area (Å²) in [6, 6.07) is 10.1. The molecule has 124 valence electrons. The van der Waals surface area contributed by atoms with E-state index in [1.165, 1.54) is 18.4 Å². The number of nitrogens with one attached hydrogen (secondary N) is 1. The summed E-state index contributed by atoms with van der Waals surface area (Å²) in [4.78, 5) is 7.12. The maximum Gasteiger partial charge on any atom is 0.153 e. The number of benzene rings is 1. The Bertz CT molecular complexity index is 744. The van der Waals surface area contributed by atoms with Crippen LogP contribution in [0.5, 0.6) is 0 Å². The monoisotopic (exact) mass is 323 g/mol. The summed E-state index contributed by atoms with van der Waals surface area (Å²) >= 11 is 0. The van der Waals surface area contributed by atoms with Crippen molar-refractivity contribution in [2.24, 2.45) is 0 Å². The number of H-pyrrole nitrogens is 1. The van der Waals surface area contributed by atoms with Gasteiger partial charge in [0, 0.05) is 26.1 Å². The average molecular weight is 323 g/mol. The summed E-state index contributed by atoms with van der Waals surface area (Å²) in [5, 5.41) is 16.5. The van der Waals surface area contributed by atoms with E-state index in [2.05, 4.69) is 21.2 Å². The zero-order chi connectivity index (χ0) is 16.5. The number of likely N-dealkylation sites (tertiary alicyclic amines) is 1. The van der Waals surface area contributed by atoms with E-state index in [4.69, 9.17) is 15.0 Å². The third kappa shape index (κ3) is 3.05. The van der Waals surface area contributed by atoms with Crippen LogP contribution in [0.25, 0.3) is 0 Å². The topological polar surface area (TPSA) is 77.8 Å². The van der Waals surface area contributed by atoms with Gasteiger partial charge in [-0.3, -0.25) is 10.00 Å². The molecule has 2 heterocycles. The van der Waals surface area contributed by atoms with Gasteiger partial charge in [0.05, 0.1) is 23.8 Å². The van der Waals surface area contributed by atoms with Crippen molar-refractivity contribution >= 4 is 0 Å². The average Bonchev–Trinajstić information content (AvgIpc) is 3.21. The molecule has 1 aromatic heterocycles. The normalized spacial score (nSPS) is 24.2. The van der Waals surface area contributed by atoms with E-state index in [1.807, 2.05) is 24.3 Å². The number of hydrogen-bond donors (Lipinski definition) is 1. The Labute approximate surface area is 141 Å². The Kier molecular flexibility index (Phi) is 4.05. The summed E-state index contributed by atoms with van der Waals surface area (Å²) in [7, 11) is 1.77. The molecule has 2 atom stereocenters. The van der Waals surface area contributed by atoms with E-state index >= 15 is 0 Å². The molecule has 4 rings (SSSR count). The highest BCUT2D eigenvalue weighted by molar-refractivity contribution is 5.31. The van der Waals surface area contributed by atoms with E-state index in [0.29, 0.717) is 11.5 Å². The molecule has 1 saturated carbocycles. The van der Waals surface area contributed by atoms with E-state index in [-0.39, 0.29) is 12.1 Å². The van der Waals surface area contributed by atoms with Crippen LogP contribution in [0.15, 0.2) is 24.3 Å². The molecule has 0 unspecified atom stereocenters. The fraction of sp³-hybridized carbons (Fsp3) is 0.500. The second-order valence-corrected chi connectivity index (χ2v) is 6.70. The van der Waals surface area contributed by atoms with Crippen molar-refractivity contribution in [3.05, 3.63) is 47.0 Å². The van der Waals surface area contributed by atoms with Gasteiger partial charge in [-0.25, -0.2) is 4.98 Å². The molecule has 2 fully saturated rings. The maximum absolute atomic E-state index is 8.93. The van der Waals surface area contributed by atoms with E-state index < -0.39 is 0 Å². The lowest BCUT2D eigenvalue weighted by Gasteiger charge is -2.22. The summed E-state index contributed by atoms with van der Waals surface area (Å²) in [5.74, 6) is 2.47. The van der Waals surface area contributed by atoms with Crippen LogP contribution in [0.3, 0.4) is 0 Å². The van der Waals surface area contributed by atoms with Gasteiger partial charge in [-0.15, -0.1) is 0 Å². The lowest BCUT2D eigenvalue weighted by atomic mass is 10.1. The molecule has 0 amide bonds. The second-order valence-electron chi connectivity index (χ2n) is 6.70. The predicted octanol–water partition coefficient (Wildman–Crippen LogP) is 2.52. The van der Waals surface area contributed by atoms with Crippen molar-refractivity contribution in [3.63, 3.8) is 0 Å². The highest BCUT2D eigenvalue weighted by Gasteiger charge is 2.36. The molecule has 1 aliphatic carbocycles. The molecule has 1 N–H and O–H groups in total. The molecule has 24 heavy (non-hydrogen) atoms. The lowest BCUT2D eigenvalue weighted by molar-refractivity contribution is 0.107. The smallest absolute Gasteiger partial charge is 0.153 e. The molecular formula is C18H21N5O. The van der Waals surface area contributed by atoms with Crippen molar-refractivity contribution in [2.45, 2.75) is 43.9 Å². The number of hydrogen-bond acceptors (Lipinski definition) is 5. The number of aromatic nitrogens is 3. The molecule has 1 saturated heterocycles. The molecule has 0 spiro atoms.